The lowest BCUT2D eigenvalue weighted by molar-refractivity contribution is 0.249. The highest BCUT2D eigenvalue weighted by Gasteiger charge is 1.73. The Morgan fingerprint density at radius 3 is 1.78 bits per heavy atom. The SMILES string of the molecule is Cl.NNC(N)=O.O=CCl. The lowest BCUT2D eigenvalue weighted by Crippen LogP contribution is -2.34. The monoisotopic (exact) mass is 175 g/mol. The van der Waals surface area contributed by atoms with Crippen LogP contribution in [0.4, 0.5) is 4.79 Å². The van der Waals surface area contributed by atoms with Crippen molar-refractivity contribution in [3.05, 3.63) is 0 Å². The Kier molecular flexibility index (Phi) is 27.5. The highest BCUT2D eigenvalue weighted by atomic mass is 35.5. The lowest BCUT2D eigenvalue weighted by atomic mass is 11.2. The van der Waals surface area contributed by atoms with Gasteiger partial charge in [-0.05, 0) is 11.6 Å². The zero-order valence-electron chi connectivity index (χ0n) is 4.33. The van der Waals surface area contributed by atoms with Gasteiger partial charge in [0.2, 0.25) is 5.75 Å². The topological polar surface area (TPSA) is 98.2 Å². The molecule has 7 heteroatoms. The Morgan fingerprint density at radius 2 is 1.78 bits per heavy atom. The van der Waals surface area contributed by atoms with Crippen LogP contribution in [-0.2, 0) is 4.79 Å². The fourth-order valence-electron chi connectivity index (χ4n) is 0. The summed E-state index contributed by atoms with van der Waals surface area (Å²) in [5, 5.41) is 0. The highest BCUT2D eigenvalue weighted by molar-refractivity contribution is 6.54. The van der Waals surface area contributed by atoms with Gasteiger partial charge >= 0.3 is 6.03 Å². The number of rotatable bonds is 0. The van der Waals surface area contributed by atoms with Crippen molar-refractivity contribution in [1.82, 2.24) is 5.43 Å². The number of carbonyl (C=O) groups excluding carboxylic acids is 2. The summed E-state index contributed by atoms with van der Waals surface area (Å²) in [5.74, 6) is 4.67. The second-order valence-electron chi connectivity index (χ2n) is 0.598. The molecule has 0 aromatic carbocycles. The van der Waals surface area contributed by atoms with Gasteiger partial charge in [-0.15, -0.1) is 12.4 Å². The molecule has 0 saturated carbocycles. The van der Waals surface area contributed by atoms with Crippen molar-refractivity contribution in [3.63, 3.8) is 0 Å². The van der Waals surface area contributed by atoms with Gasteiger partial charge in [-0.25, -0.2) is 10.6 Å². The molecule has 0 aliphatic carbocycles. The average Bonchev–Trinajstić information content (AvgIpc) is 1.69. The van der Waals surface area contributed by atoms with Gasteiger partial charge in [0.05, 0.1) is 0 Å². The summed E-state index contributed by atoms with van der Waals surface area (Å²) < 4.78 is 0. The van der Waals surface area contributed by atoms with Crippen LogP contribution in [0.15, 0.2) is 0 Å². The molecular formula is C2H7Cl2N3O2. The number of amides is 2. The van der Waals surface area contributed by atoms with Crippen molar-refractivity contribution >= 4 is 35.8 Å². The van der Waals surface area contributed by atoms with E-state index < -0.39 is 6.03 Å². The molecular weight excluding hydrogens is 169 g/mol. The van der Waals surface area contributed by atoms with E-state index in [2.05, 4.69) is 23.2 Å². The summed E-state index contributed by atoms with van der Waals surface area (Å²) in [4.78, 5) is 17.9. The molecule has 0 saturated heterocycles. The van der Waals surface area contributed by atoms with Crippen molar-refractivity contribution in [2.75, 3.05) is 0 Å². The molecule has 0 heterocycles. The van der Waals surface area contributed by atoms with E-state index in [1.165, 1.54) is 0 Å². The van der Waals surface area contributed by atoms with Gasteiger partial charge in [0.1, 0.15) is 0 Å². The predicted molar refractivity (Wildman–Crippen MR) is 36.8 cm³/mol. The molecule has 5 nitrogen and oxygen atoms in total. The van der Waals surface area contributed by atoms with Gasteiger partial charge in [0, 0.05) is 0 Å². The van der Waals surface area contributed by atoms with E-state index in [-0.39, 0.29) is 18.2 Å². The van der Waals surface area contributed by atoms with E-state index in [1.54, 1.807) is 5.43 Å². The van der Waals surface area contributed by atoms with Crippen molar-refractivity contribution in [2.24, 2.45) is 11.6 Å². The summed E-state index contributed by atoms with van der Waals surface area (Å²) in [6.45, 7) is 0. The number of urea groups is 1. The zero-order valence-corrected chi connectivity index (χ0v) is 5.91. The Hall–Kier alpha value is -0.520. The Balaban J connectivity index is -0.0000000800. The van der Waals surface area contributed by atoms with Crippen LogP contribution in [0.1, 0.15) is 0 Å². The van der Waals surface area contributed by atoms with Crippen LogP contribution in [0.25, 0.3) is 0 Å². The first kappa shape index (κ1) is 15.8. The third-order valence-electron chi connectivity index (χ3n) is 0.142. The zero-order chi connectivity index (χ0) is 6.99. The molecule has 0 aliphatic heterocycles. The average molecular weight is 176 g/mol. The van der Waals surface area contributed by atoms with Gasteiger partial charge in [0.25, 0.3) is 0 Å². The van der Waals surface area contributed by atoms with E-state index in [9.17, 15) is 4.79 Å². The number of hydrazine groups is 1. The quantitative estimate of drug-likeness (QED) is 0.150. The second kappa shape index (κ2) is 15.6. The minimum absolute atomic E-state index is 0. The van der Waals surface area contributed by atoms with E-state index in [1.807, 2.05) is 0 Å². The van der Waals surface area contributed by atoms with Gasteiger partial charge in [-0.2, -0.15) is 0 Å². The molecule has 0 aromatic rings. The number of halogens is 2. The maximum Gasteiger partial charge on any atom is 0.326 e. The largest absolute Gasteiger partial charge is 0.351 e. The second-order valence-corrected chi connectivity index (χ2v) is 0.776. The molecule has 0 fully saturated rings. The molecule has 0 radical (unpaired) electrons. The highest BCUT2D eigenvalue weighted by Crippen LogP contribution is 1.42. The first-order valence-corrected chi connectivity index (χ1v) is 1.92. The maximum atomic E-state index is 9.35. The lowest BCUT2D eigenvalue weighted by Gasteiger charge is -1.81. The van der Waals surface area contributed by atoms with Crippen LogP contribution in [0.3, 0.4) is 0 Å². The Bertz CT molecular complexity index is 78.2. The molecule has 0 atom stereocenters. The Morgan fingerprint density at radius 1 is 1.67 bits per heavy atom. The number of hydrogen-bond donors (Lipinski definition) is 3. The number of primary amides is 1. The third kappa shape index (κ3) is 103. The molecule has 0 bridgehead atoms. The fraction of sp³-hybridized carbons (Fsp3) is 0. The van der Waals surface area contributed by atoms with E-state index in [0.29, 0.717) is 0 Å². The van der Waals surface area contributed by atoms with Crippen molar-refractivity contribution in [1.29, 1.82) is 0 Å². The van der Waals surface area contributed by atoms with Gasteiger partial charge < -0.3 is 5.73 Å². The third-order valence-corrected chi connectivity index (χ3v) is 0.142. The first-order valence-electron chi connectivity index (χ1n) is 1.49. The summed E-state index contributed by atoms with van der Waals surface area (Å²) in [6, 6.07) is -0.718. The van der Waals surface area contributed by atoms with Crippen LogP contribution < -0.4 is 17.0 Å². The summed E-state index contributed by atoms with van der Waals surface area (Å²) in [6.07, 6.45) is 0. The van der Waals surface area contributed by atoms with E-state index >= 15 is 0 Å². The molecule has 2 amide bonds. The Labute approximate surface area is 63.1 Å². The molecule has 0 aromatic heterocycles. The van der Waals surface area contributed by atoms with Crippen molar-refractivity contribution in [2.45, 2.75) is 0 Å². The van der Waals surface area contributed by atoms with Crippen LogP contribution in [0.2, 0.25) is 0 Å². The van der Waals surface area contributed by atoms with Crippen LogP contribution in [0.5, 0.6) is 0 Å². The summed E-state index contributed by atoms with van der Waals surface area (Å²) in [7, 11) is 0. The standard InChI is InChI=1S/CHClO.CH5N3O.ClH/c2-1-3;2-1(5)4-3;/h1H;3H2,(H3,2,4,5);1H. The molecule has 5 N–H and O–H groups in total. The molecule has 0 unspecified atom stereocenters. The number of hydrogen-bond acceptors (Lipinski definition) is 3. The molecule has 9 heavy (non-hydrogen) atoms. The van der Waals surface area contributed by atoms with Crippen molar-refractivity contribution in [3.8, 4) is 0 Å². The first-order chi connectivity index (χ1) is 3.68. The smallest absolute Gasteiger partial charge is 0.326 e. The van der Waals surface area contributed by atoms with Crippen LogP contribution in [-0.4, -0.2) is 11.8 Å². The minimum atomic E-state index is -0.718. The predicted octanol–water partition coefficient (Wildman–Crippen LogP) is -0.634. The number of nitrogens with one attached hydrogen (secondary N) is 1. The van der Waals surface area contributed by atoms with Gasteiger partial charge in [0.15, 0.2) is 0 Å². The minimum Gasteiger partial charge on any atom is -0.351 e. The molecule has 0 aliphatic rings. The number of nitrogens with two attached hydrogens (primary N) is 2. The van der Waals surface area contributed by atoms with Gasteiger partial charge in [-0.1, -0.05) is 0 Å². The molecule has 56 valence electrons. The number of carbonyl (C=O) groups is 2. The van der Waals surface area contributed by atoms with E-state index in [4.69, 9.17) is 4.79 Å². The normalized spacial score (nSPS) is 5.11. The maximum absolute atomic E-state index is 9.35. The summed E-state index contributed by atoms with van der Waals surface area (Å²) in [5.41, 5.74) is 6.08. The van der Waals surface area contributed by atoms with Gasteiger partial charge in [-0.3, -0.25) is 10.2 Å². The van der Waals surface area contributed by atoms with Crippen LogP contribution in [0, 0.1) is 0 Å². The molecule has 0 spiro atoms. The van der Waals surface area contributed by atoms with Crippen LogP contribution >= 0.6 is 24.0 Å². The van der Waals surface area contributed by atoms with E-state index in [0.717, 1.165) is 0 Å². The molecule has 0 rings (SSSR count). The summed E-state index contributed by atoms with van der Waals surface area (Å²) >= 11 is 4.32. The fourth-order valence-corrected chi connectivity index (χ4v) is 0. The van der Waals surface area contributed by atoms with Crippen molar-refractivity contribution < 1.29 is 9.59 Å².